The van der Waals surface area contributed by atoms with Crippen molar-refractivity contribution in [3.8, 4) is 17.3 Å². The molecule has 3 aliphatic heterocycles. The number of anilines is 3. The Balaban J connectivity index is 1.09. The Morgan fingerprint density at radius 3 is 2.60 bits per heavy atom. The highest BCUT2D eigenvalue weighted by atomic mass is 32.1. The van der Waals surface area contributed by atoms with E-state index in [-0.39, 0.29) is 23.1 Å². The number of carbonyl (C=O) groups is 1. The molecule has 1 spiro atoms. The van der Waals surface area contributed by atoms with Crippen molar-refractivity contribution in [1.82, 2.24) is 19.5 Å². The maximum absolute atomic E-state index is 13.6. The topological polar surface area (TPSA) is 90.0 Å². The molecule has 4 fully saturated rings. The summed E-state index contributed by atoms with van der Waals surface area (Å²) in [5.74, 6) is 0.369. The average Bonchev–Trinajstić information content (AvgIpc) is 3.34. The summed E-state index contributed by atoms with van der Waals surface area (Å²) in [7, 11) is 1.99. The van der Waals surface area contributed by atoms with Crippen LogP contribution in [0.3, 0.4) is 0 Å². The molecule has 0 radical (unpaired) electrons. The minimum atomic E-state index is -0.322. The smallest absolute Gasteiger partial charge is 0.228 e. The minimum absolute atomic E-state index is 0.0327. The first kappa shape index (κ1) is 26.6. The summed E-state index contributed by atoms with van der Waals surface area (Å²) in [4.78, 5) is 24.7. The summed E-state index contributed by atoms with van der Waals surface area (Å²) in [5, 5.41) is 15.7. The number of amides is 1. The Morgan fingerprint density at radius 1 is 1.16 bits per heavy atom. The second-order valence-electron chi connectivity index (χ2n) is 12.6. The number of rotatable bonds is 6. The summed E-state index contributed by atoms with van der Waals surface area (Å²) in [6.45, 7) is 6.86. The number of hydrogen-bond donors (Lipinski definition) is 0. The van der Waals surface area contributed by atoms with Crippen LogP contribution in [0.4, 0.5) is 20.9 Å². The van der Waals surface area contributed by atoms with Gasteiger partial charge in [-0.1, -0.05) is 11.3 Å². The third kappa shape index (κ3) is 4.38. The van der Waals surface area contributed by atoms with Crippen molar-refractivity contribution < 1.29 is 13.9 Å². The molecule has 11 heteroatoms. The number of pyridine rings is 1. The quantitative estimate of drug-likeness (QED) is 0.305. The second kappa shape index (κ2) is 9.76. The van der Waals surface area contributed by atoms with Gasteiger partial charge in [-0.05, 0) is 62.6 Å². The van der Waals surface area contributed by atoms with E-state index in [1.807, 2.05) is 16.5 Å². The van der Waals surface area contributed by atoms with Crippen molar-refractivity contribution in [3.05, 3.63) is 58.5 Å². The van der Waals surface area contributed by atoms with Crippen LogP contribution in [0.15, 0.2) is 36.4 Å². The largest absolute Gasteiger partial charge is 0.381 e. The van der Waals surface area contributed by atoms with Crippen molar-refractivity contribution in [3.63, 3.8) is 0 Å². The highest BCUT2D eigenvalue weighted by Gasteiger charge is 2.54. The number of thiazole rings is 1. The molecule has 3 aromatic heterocycles. The fraction of sp³-hybridized carbons (Fsp3) is 0.438. The molecule has 0 N–H and O–H groups in total. The van der Waals surface area contributed by atoms with Gasteiger partial charge in [-0.15, -0.1) is 0 Å². The molecule has 4 aromatic rings. The summed E-state index contributed by atoms with van der Waals surface area (Å²) in [6.07, 6.45) is 3.05. The first-order valence-electron chi connectivity index (χ1n) is 14.9. The number of benzene rings is 1. The van der Waals surface area contributed by atoms with Crippen LogP contribution >= 0.6 is 11.3 Å². The number of nitriles is 1. The minimum Gasteiger partial charge on any atom is -0.381 e. The van der Waals surface area contributed by atoms with E-state index in [1.54, 1.807) is 12.1 Å². The zero-order valence-electron chi connectivity index (χ0n) is 24.2. The Bertz CT molecular complexity index is 1780. The average molecular weight is 598 g/mol. The van der Waals surface area contributed by atoms with Gasteiger partial charge in [0.2, 0.25) is 5.91 Å². The number of halogens is 1. The Kier molecular flexibility index (Phi) is 6.04. The molecule has 6 heterocycles. The van der Waals surface area contributed by atoms with Crippen LogP contribution in [0.5, 0.6) is 0 Å². The third-order valence-electron chi connectivity index (χ3n) is 9.38. The van der Waals surface area contributed by atoms with Crippen molar-refractivity contribution in [2.24, 2.45) is 11.3 Å². The van der Waals surface area contributed by atoms with Gasteiger partial charge in [0.1, 0.15) is 22.5 Å². The summed E-state index contributed by atoms with van der Waals surface area (Å²) < 4.78 is 21.0. The highest BCUT2D eigenvalue weighted by molar-refractivity contribution is 7.16. The van der Waals surface area contributed by atoms with Gasteiger partial charge in [-0.3, -0.25) is 4.79 Å². The molecule has 8 rings (SSSR count). The van der Waals surface area contributed by atoms with Crippen molar-refractivity contribution >= 4 is 39.3 Å². The molecule has 1 aromatic carbocycles. The zero-order valence-corrected chi connectivity index (χ0v) is 25.0. The van der Waals surface area contributed by atoms with Crippen LogP contribution in [-0.4, -0.2) is 71.8 Å². The van der Waals surface area contributed by atoms with Crippen LogP contribution in [0.1, 0.15) is 41.4 Å². The molecule has 1 unspecified atom stereocenters. The summed E-state index contributed by atoms with van der Waals surface area (Å²) >= 11 is 1.34. The maximum Gasteiger partial charge on any atom is 0.228 e. The Labute approximate surface area is 253 Å². The maximum atomic E-state index is 13.6. The van der Waals surface area contributed by atoms with Crippen LogP contribution in [-0.2, 0) is 9.53 Å². The molecule has 43 heavy (non-hydrogen) atoms. The molecule has 1 saturated carbocycles. The molecule has 9 nitrogen and oxygen atoms in total. The van der Waals surface area contributed by atoms with E-state index in [0.29, 0.717) is 40.4 Å². The number of nitrogens with zero attached hydrogens (tertiary/aromatic N) is 7. The number of aromatic nitrogens is 3. The van der Waals surface area contributed by atoms with E-state index >= 15 is 0 Å². The van der Waals surface area contributed by atoms with Gasteiger partial charge in [-0.25, -0.2) is 13.9 Å². The molecule has 4 aliphatic rings. The van der Waals surface area contributed by atoms with Gasteiger partial charge in [0.15, 0.2) is 5.13 Å². The second-order valence-corrected chi connectivity index (χ2v) is 13.6. The zero-order chi connectivity index (χ0) is 29.5. The Hall–Kier alpha value is -4.01. The van der Waals surface area contributed by atoms with Crippen molar-refractivity contribution in [1.29, 1.82) is 5.26 Å². The first-order chi connectivity index (χ1) is 20.8. The van der Waals surface area contributed by atoms with Crippen LogP contribution < -0.4 is 9.80 Å². The van der Waals surface area contributed by atoms with Gasteiger partial charge in [-0.2, -0.15) is 10.4 Å². The predicted molar refractivity (Wildman–Crippen MR) is 162 cm³/mol. The molecule has 1 aliphatic carbocycles. The first-order valence-corrected chi connectivity index (χ1v) is 15.7. The predicted octanol–water partition coefficient (Wildman–Crippen LogP) is 5.11. The number of hydrogen-bond acceptors (Lipinski definition) is 8. The molecular weight excluding hydrogens is 565 g/mol. The van der Waals surface area contributed by atoms with E-state index in [4.69, 9.17) is 14.8 Å². The van der Waals surface area contributed by atoms with E-state index in [0.717, 1.165) is 73.7 Å². The number of aryl methyl sites for hydroxylation is 1. The van der Waals surface area contributed by atoms with E-state index in [1.165, 1.54) is 23.5 Å². The van der Waals surface area contributed by atoms with Gasteiger partial charge >= 0.3 is 0 Å². The third-order valence-corrected chi connectivity index (χ3v) is 10.4. The number of fused-ring (bicyclic) bond motifs is 1. The van der Waals surface area contributed by atoms with Crippen LogP contribution in [0, 0.1) is 35.4 Å². The van der Waals surface area contributed by atoms with Gasteiger partial charge in [0, 0.05) is 68.1 Å². The number of ether oxygens (including phenoxy) is 1. The van der Waals surface area contributed by atoms with Crippen molar-refractivity contribution in [2.75, 3.05) is 56.2 Å². The molecule has 220 valence electrons. The van der Waals surface area contributed by atoms with Crippen LogP contribution in [0.2, 0.25) is 0 Å². The normalized spacial score (nSPS) is 20.7. The fourth-order valence-electron chi connectivity index (χ4n) is 6.93. The van der Waals surface area contributed by atoms with Gasteiger partial charge in [0.05, 0.1) is 29.4 Å². The standard InChI is InChI=1S/C32H32FN7O2S/c1-19-11-24(38-15-32(16-38)17-39(18-32)30(41)22-9-10-42-14-22)12-25-29(28(21-3-4-21)36-40(19)25)37(2)31-35-27(26(13-34)43-31)20-5-7-23(33)8-6-20/h5-8,11-12,21-22H,3-4,9-10,14-18H2,1-2H3. The van der Waals surface area contributed by atoms with E-state index in [2.05, 4.69) is 34.9 Å². The Morgan fingerprint density at radius 2 is 1.93 bits per heavy atom. The van der Waals surface area contributed by atoms with Crippen molar-refractivity contribution in [2.45, 2.75) is 32.1 Å². The van der Waals surface area contributed by atoms with Gasteiger partial charge in [0.25, 0.3) is 0 Å². The lowest BCUT2D eigenvalue weighted by Gasteiger charge is -2.61. The molecule has 3 saturated heterocycles. The molecular formula is C32H32FN7O2S. The summed E-state index contributed by atoms with van der Waals surface area (Å²) in [6, 6.07) is 12.8. The number of carbonyl (C=O) groups excluding carboxylic acids is 1. The lowest BCUT2D eigenvalue weighted by molar-refractivity contribution is -0.149. The summed E-state index contributed by atoms with van der Waals surface area (Å²) in [5.41, 5.74) is 6.78. The molecule has 1 amide bonds. The monoisotopic (exact) mass is 597 g/mol. The lowest BCUT2D eigenvalue weighted by Crippen LogP contribution is -2.73. The van der Waals surface area contributed by atoms with E-state index in [9.17, 15) is 14.4 Å². The number of likely N-dealkylation sites (tertiary alicyclic amines) is 1. The lowest BCUT2D eigenvalue weighted by atomic mass is 9.72. The fourth-order valence-corrected chi connectivity index (χ4v) is 7.79. The highest BCUT2D eigenvalue weighted by Crippen LogP contribution is 2.49. The van der Waals surface area contributed by atoms with E-state index < -0.39 is 0 Å². The molecule has 0 bridgehead atoms. The van der Waals surface area contributed by atoms with Crippen LogP contribution in [0.25, 0.3) is 16.8 Å². The SMILES string of the molecule is Cc1cc(N2CC3(CN(C(=O)C4CCOC4)C3)C2)cc2c(N(C)c3nc(-c4ccc(F)cc4)c(C#N)s3)c(C3CC3)nn12. The van der Waals surface area contributed by atoms with Gasteiger partial charge < -0.3 is 19.4 Å². The molecule has 1 atom stereocenters.